The summed E-state index contributed by atoms with van der Waals surface area (Å²) in [5.41, 5.74) is 4.65. The summed E-state index contributed by atoms with van der Waals surface area (Å²) in [7, 11) is 1.35. The lowest BCUT2D eigenvalue weighted by Crippen LogP contribution is -2.07. The number of carbonyl (C=O) groups excluding carboxylic acids is 2. The van der Waals surface area contributed by atoms with E-state index in [9.17, 15) is 9.59 Å². The molecule has 178 valence electrons. The van der Waals surface area contributed by atoms with Gasteiger partial charge in [-0.05, 0) is 56.3 Å². The molecule has 0 aliphatic carbocycles. The van der Waals surface area contributed by atoms with Crippen LogP contribution in [0, 0.1) is 13.8 Å². The Bertz CT molecular complexity index is 1370. The molecule has 0 amide bonds. The minimum atomic E-state index is -0.387. The minimum absolute atomic E-state index is 0.000792. The topological polar surface area (TPSA) is 91.9 Å². The van der Waals surface area contributed by atoms with Gasteiger partial charge >= 0.3 is 5.97 Å². The van der Waals surface area contributed by atoms with Gasteiger partial charge in [-0.1, -0.05) is 17.8 Å². The van der Waals surface area contributed by atoms with E-state index in [1.54, 1.807) is 30.6 Å². The molecular weight excluding hydrogens is 462 g/mol. The van der Waals surface area contributed by atoms with Crippen molar-refractivity contribution >= 4 is 23.5 Å². The number of methoxy groups -OCH3 is 1. The van der Waals surface area contributed by atoms with Gasteiger partial charge in [-0.15, -0.1) is 16.8 Å². The van der Waals surface area contributed by atoms with Crippen LogP contribution in [0.25, 0.3) is 17.1 Å². The molecule has 4 rings (SSSR count). The summed E-state index contributed by atoms with van der Waals surface area (Å²) in [6.07, 6.45) is 5.19. The van der Waals surface area contributed by atoms with Crippen LogP contribution in [-0.2, 0) is 11.3 Å². The third-order valence-corrected chi connectivity index (χ3v) is 6.54. The van der Waals surface area contributed by atoms with Crippen molar-refractivity contribution in [3.8, 4) is 17.1 Å². The fourth-order valence-electron chi connectivity index (χ4n) is 3.92. The number of thioether (sulfide) groups is 1. The number of Topliss-reactive ketones (excluding diaryl/α,β-unsaturated/α-hetero) is 1. The number of pyridine rings is 1. The van der Waals surface area contributed by atoms with E-state index in [0.717, 1.165) is 22.6 Å². The van der Waals surface area contributed by atoms with Crippen LogP contribution in [0.15, 0.2) is 72.7 Å². The van der Waals surface area contributed by atoms with Gasteiger partial charge in [0.05, 0.1) is 18.4 Å². The summed E-state index contributed by atoms with van der Waals surface area (Å²) in [5.74, 6) is 0.536. The number of allylic oxidation sites excluding steroid dienone is 1. The second-order valence-electron chi connectivity index (χ2n) is 7.81. The van der Waals surface area contributed by atoms with Gasteiger partial charge in [-0.25, -0.2) is 4.79 Å². The van der Waals surface area contributed by atoms with Crippen LogP contribution < -0.4 is 0 Å². The predicted molar refractivity (Wildman–Crippen MR) is 135 cm³/mol. The van der Waals surface area contributed by atoms with E-state index in [0.29, 0.717) is 28.7 Å². The first-order valence-corrected chi connectivity index (χ1v) is 11.9. The molecule has 4 aromatic rings. The zero-order valence-electron chi connectivity index (χ0n) is 19.8. The zero-order valence-corrected chi connectivity index (χ0v) is 20.6. The molecule has 8 nitrogen and oxygen atoms in total. The lowest BCUT2D eigenvalue weighted by molar-refractivity contribution is 0.0600. The molecule has 1 aromatic carbocycles. The van der Waals surface area contributed by atoms with Gasteiger partial charge in [0, 0.05) is 47.1 Å². The Morgan fingerprint density at radius 3 is 2.46 bits per heavy atom. The van der Waals surface area contributed by atoms with Gasteiger partial charge in [0.1, 0.15) is 0 Å². The Morgan fingerprint density at radius 2 is 1.80 bits per heavy atom. The average Bonchev–Trinajstić information content (AvgIpc) is 3.42. The monoisotopic (exact) mass is 487 g/mol. The van der Waals surface area contributed by atoms with Gasteiger partial charge in [0.2, 0.25) is 0 Å². The Balaban J connectivity index is 1.54. The lowest BCUT2D eigenvalue weighted by Gasteiger charge is -2.11. The van der Waals surface area contributed by atoms with Crippen molar-refractivity contribution in [3.05, 3.63) is 90.0 Å². The number of rotatable bonds is 9. The third kappa shape index (κ3) is 4.95. The highest BCUT2D eigenvalue weighted by molar-refractivity contribution is 7.99. The van der Waals surface area contributed by atoms with Crippen molar-refractivity contribution in [1.82, 2.24) is 24.3 Å². The van der Waals surface area contributed by atoms with E-state index < -0.39 is 0 Å². The van der Waals surface area contributed by atoms with Crippen LogP contribution in [0.5, 0.6) is 0 Å². The van der Waals surface area contributed by atoms with Crippen LogP contribution in [0.2, 0.25) is 0 Å². The average molecular weight is 488 g/mol. The summed E-state index contributed by atoms with van der Waals surface area (Å²) in [4.78, 5) is 29.0. The number of ether oxygens (including phenoxy) is 1. The molecule has 0 atom stereocenters. The number of nitrogens with zero attached hydrogens (tertiary/aromatic N) is 5. The van der Waals surface area contributed by atoms with Crippen molar-refractivity contribution in [2.75, 3.05) is 12.9 Å². The molecule has 3 heterocycles. The quantitative estimate of drug-likeness (QED) is 0.146. The highest BCUT2D eigenvalue weighted by Gasteiger charge is 2.20. The van der Waals surface area contributed by atoms with E-state index in [2.05, 4.69) is 21.8 Å². The Labute approximate surface area is 207 Å². The van der Waals surface area contributed by atoms with Gasteiger partial charge in [-0.2, -0.15) is 0 Å². The van der Waals surface area contributed by atoms with Gasteiger partial charge < -0.3 is 9.30 Å². The van der Waals surface area contributed by atoms with E-state index in [1.165, 1.54) is 18.9 Å². The Hall–Kier alpha value is -3.98. The molecule has 9 heteroatoms. The van der Waals surface area contributed by atoms with E-state index in [4.69, 9.17) is 4.74 Å². The van der Waals surface area contributed by atoms with Crippen LogP contribution in [0.1, 0.15) is 32.1 Å². The number of aryl methyl sites for hydroxylation is 1. The van der Waals surface area contributed by atoms with E-state index in [1.807, 2.05) is 53.3 Å². The summed E-state index contributed by atoms with van der Waals surface area (Å²) in [5, 5.41) is 9.29. The fraction of sp³-hybridized carbons (Fsp3) is 0.192. The number of hydrogen-bond donors (Lipinski definition) is 0. The largest absolute Gasteiger partial charge is 0.465 e. The second-order valence-corrected chi connectivity index (χ2v) is 8.75. The molecule has 0 bridgehead atoms. The number of benzene rings is 1. The van der Waals surface area contributed by atoms with Crippen molar-refractivity contribution in [3.63, 3.8) is 0 Å². The van der Waals surface area contributed by atoms with Crippen molar-refractivity contribution in [2.45, 2.75) is 25.5 Å². The highest BCUT2D eigenvalue weighted by Crippen LogP contribution is 2.27. The molecule has 0 aliphatic heterocycles. The normalized spacial score (nSPS) is 10.8. The standard InChI is InChI=1S/C26H25N5O3S/c1-5-14-30-24(19-10-12-27-13-11-19)28-29-26(30)35-16-23(32)22-15-17(2)31(18(22)3)21-8-6-20(7-9-21)25(33)34-4/h5-13,15H,1,14,16H2,2-4H3. The number of esters is 1. The second kappa shape index (κ2) is 10.5. The maximum absolute atomic E-state index is 13.2. The molecule has 0 unspecified atom stereocenters. The number of ketones is 1. The highest BCUT2D eigenvalue weighted by atomic mass is 32.2. The first kappa shape index (κ1) is 24.2. The van der Waals surface area contributed by atoms with Crippen molar-refractivity contribution in [2.24, 2.45) is 0 Å². The number of hydrogen-bond acceptors (Lipinski definition) is 7. The number of carbonyl (C=O) groups is 2. The van der Waals surface area contributed by atoms with Gasteiger partial charge in [-0.3, -0.25) is 14.3 Å². The van der Waals surface area contributed by atoms with Crippen molar-refractivity contribution < 1.29 is 14.3 Å². The first-order chi connectivity index (χ1) is 16.9. The minimum Gasteiger partial charge on any atom is -0.465 e. The van der Waals surface area contributed by atoms with Crippen LogP contribution in [0.4, 0.5) is 0 Å². The van der Waals surface area contributed by atoms with Gasteiger partial charge in [0.15, 0.2) is 16.8 Å². The molecule has 35 heavy (non-hydrogen) atoms. The van der Waals surface area contributed by atoms with Gasteiger partial charge in [0.25, 0.3) is 0 Å². The molecule has 3 aromatic heterocycles. The molecule has 0 saturated carbocycles. The molecule has 0 spiro atoms. The smallest absolute Gasteiger partial charge is 0.337 e. The summed E-state index contributed by atoms with van der Waals surface area (Å²) in [6, 6.07) is 12.7. The molecule has 0 radical (unpaired) electrons. The summed E-state index contributed by atoms with van der Waals surface area (Å²) in [6.45, 7) is 8.23. The molecule has 0 saturated heterocycles. The maximum atomic E-state index is 13.2. The zero-order chi connectivity index (χ0) is 24.9. The van der Waals surface area contributed by atoms with Crippen LogP contribution in [-0.4, -0.2) is 48.9 Å². The summed E-state index contributed by atoms with van der Waals surface area (Å²) < 4.78 is 8.70. The third-order valence-electron chi connectivity index (χ3n) is 5.58. The maximum Gasteiger partial charge on any atom is 0.337 e. The fourth-order valence-corrected chi connectivity index (χ4v) is 4.75. The summed E-state index contributed by atoms with van der Waals surface area (Å²) >= 11 is 1.35. The Kier molecular flexibility index (Phi) is 7.26. The molecule has 0 fully saturated rings. The SMILES string of the molecule is C=CCn1c(SCC(=O)c2cc(C)n(-c3ccc(C(=O)OC)cc3)c2C)nnc1-c1ccncc1. The van der Waals surface area contributed by atoms with E-state index in [-0.39, 0.29) is 17.5 Å². The molecule has 0 N–H and O–H groups in total. The molecular formula is C26H25N5O3S. The van der Waals surface area contributed by atoms with Crippen molar-refractivity contribution in [1.29, 1.82) is 0 Å². The van der Waals surface area contributed by atoms with Crippen LogP contribution in [0.3, 0.4) is 0 Å². The predicted octanol–water partition coefficient (Wildman–Crippen LogP) is 4.70. The number of aromatic nitrogens is 5. The lowest BCUT2D eigenvalue weighted by atomic mass is 10.2. The first-order valence-electron chi connectivity index (χ1n) is 10.9. The van der Waals surface area contributed by atoms with E-state index >= 15 is 0 Å². The van der Waals surface area contributed by atoms with Crippen LogP contribution >= 0.6 is 11.8 Å². The molecule has 0 aliphatic rings. The Morgan fingerprint density at radius 1 is 1.09 bits per heavy atom.